The van der Waals surface area contributed by atoms with Gasteiger partial charge in [0.1, 0.15) is 18.0 Å². The maximum absolute atomic E-state index is 14.2. The number of fused-ring (bicyclic) bond motifs is 2. The van der Waals surface area contributed by atoms with Crippen molar-refractivity contribution in [3.8, 4) is 5.69 Å². The number of anilines is 1. The minimum atomic E-state index is -4.79. The average molecular weight is 555 g/mol. The molecule has 12 heteroatoms. The van der Waals surface area contributed by atoms with Crippen molar-refractivity contribution in [2.24, 2.45) is 5.92 Å². The maximum atomic E-state index is 14.2. The number of hydrogen-bond donors (Lipinski definition) is 1. The number of nitrogens with zero attached hydrogens (tertiary/aromatic N) is 5. The van der Waals surface area contributed by atoms with E-state index in [0.717, 1.165) is 35.9 Å². The molecule has 1 aliphatic heterocycles. The van der Waals surface area contributed by atoms with Crippen molar-refractivity contribution in [3.05, 3.63) is 77.3 Å². The number of alkyl halides is 3. The van der Waals surface area contributed by atoms with E-state index in [9.17, 15) is 22.4 Å². The number of amides is 1. The molecule has 6 rings (SSSR count). The largest absolute Gasteiger partial charge is 0.419 e. The minimum Gasteiger partial charge on any atom is -0.355 e. The topological polar surface area (TPSA) is 75.9 Å². The van der Waals surface area contributed by atoms with E-state index in [1.54, 1.807) is 17.5 Å². The van der Waals surface area contributed by atoms with Gasteiger partial charge in [0.2, 0.25) is 5.91 Å². The maximum Gasteiger partial charge on any atom is 0.419 e. The third-order valence-corrected chi connectivity index (χ3v) is 7.79. The molecule has 0 aliphatic carbocycles. The second-order valence-electron chi connectivity index (χ2n) is 9.47. The molecule has 0 unspecified atom stereocenters. The number of aromatic nitrogens is 4. The summed E-state index contributed by atoms with van der Waals surface area (Å²) >= 11 is 1.68. The van der Waals surface area contributed by atoms with Crippen LogP contribution in [0.4, 0.5) is 23.4 Å². The van der Waals surface area contributed by atoms with Crippen molar-refractivity contribution in [2.75, 3.05) is 18.0 Å². The van der Waals surface area contributed by atoms with E-state index in [2.05, 4.69) is 38.6 Å². The molecule has 7 nitrogen and oxygen atoms in total. The highest BCUT2D eigenvalue weighted by Crippen LogP contribution is 2.33. The summed E-state index contributed by atoms with van der Waals surface area (Å²) in [6.45, 7) is 1.56. The van der Waals surface area contributed by atoms with Gasteiger partial charge in [-0.25, -0.2) is 19.0 Å². The number of hydrogen-bond acceptors (Lipinski definition) is 6. The van der Waals surface area contributed by atoms with Crippen molar-refractivity contribution in [2.45, 2.75) is 25.6 Å². The Morgan fingerprint density at radius 2 is 2.00 bits per heavy atom. The van der Waals surface area contributed by atoms with Crippen molar-refractivity contribution >= 4 is 44.2 Å². The Labute approximate surface area is 224 Å². The van der Waals surface area contributed by atoms with Crippen LogP contribution in [0.5, 0.6) is 0 Å². The Balaban J connectivity index is 1.19. The summed E-state index contributed by atoms with van der Waals surface area (Å²) in [4.78, 5) is 23.6. The van der Waals surface area contributed by atoms with E-state index in [1.807, 2.05) is 16.3 Å². The molecule has 200 valence electrons. The standard InChI is InChI=1S/C27H22F4N6OS/c28-22-11-19(4-5-21(22)27(29,30)31)37-14-20-24(35-37)33-15-34-25(20)36-8-1-2-18(13-36)26(38)32-12-16-3-6-23-17(10-16)7-9-39-23/h3-7,9-11,14-15,18H,1-2,8,12-13H2,(H,32,38)/t18-/m1/s1. The molecule has 0 radical (unpaired) electrons. The summed E-state index contributed by atoms with van der Waals surface area (Å²) in [5.41, 5.74) is 0.135. The zero-order valence-corrected chi connectivity index (χ0v) is 21.3. The highest BCUT2D eigenvalue weighted by molar-refractivity contribution is 7.17. The average Bonchev–Trinajstić information content (AvgIpc) is 3.57. The predicted octanol–water partition coefficient (Wildman–Crippen LogP) is 5.72. The summed E-state index contributed by atoms with van der Waals surface area (Å²) in [6, 6.07) is 10.9. The van der Waals surface area contributed by atoms with Gasteiger partial charge >= 0.3 is 6.18 Å². The minimum absolute atomic E-state index is 0.0358. The summed E-state index contributed by atoms with van der Waals surface area (Å²) in [5, 5.41) is 11.1. The first-order valence-electron chi connectivity index (χ1n) is 12.3. The first-order chi connectivity index (χ1) is 18.8. The fourth-order valence-corrected chi connectivity index (χ4v) is 5.70. The summed E-state index contributed by atoms with van der Waals surface area (Å²) < 4.78 is 55.5. The van der Waals surface area contributed by atoms with Crippen LogP contribution >= 0.6 is 11.3 Å². The number of piperidine rings is 1. The van der Waals surface area contributed by atoms with Crippen molar-refractivity contribution in [1.82, 2.24) is 25.1 Å². The van der Waals surface area contributed by atoms with E-state index in [4.69, 9.17) is 0 Å². The summed E-state index contributed by atoms with van der Waals surface area (Å²) in [6.07, 6.45) is -0.346. The predicted molar refractivity (Wildman–Crippen MR) is 140 cm³/mol. The molecule has 1 saturated heterocycles. The number of rotatable bonds is 5. The molecule has 39 heavy (non-hydrogen) atoms. The normalized spacial score (nSPS) is 16.2. The van der Waals surface area contributed by atoms with Gasteiger partial charge in [0.05, 0.1) is 22.6 Å². The first-order valence-corrected chi connectivity index (χ1v) is 13.2. The molecule has 2 aromatic carbocycles. The molecule has 0 bridgehead atoms. The molecule has 4 heterocycles. The Bertz CT molecular complexity index is 1680. The van der Waals surface area contributed by atoms with Crippen LogP contribution in [0.3, 0.4) is 0 Å². The van der Waals surface area contributed by atoms with Gasteiger partial charge in [-0.1, -0.05) is 6.07 Å². The Hall–Kier alpha value is -4.06. The Morgan fingerprint density at radius 1 is 1.13 bits per heavy atom. The van der Waals surface area contributed by atoms with Crippen molar-refractivity contribution in [1.29, 1.82) is 0 Å². The summed E-state index contributed by atoms with van der Waals surface area (Å²) in [7, 11) is 0. The molecule has 1 aliphatic rings. The van der Waals surface area contributed by atoms with Crippen LogP contribution < -0.4 is 10.2 Å². The van der Waals surface area contributed by atoms with E-state index < -0.39 is 17.6 Å². The lowest BCUT2D eigenvalue weighted by molar-refractivity contribution is -0.140. The lowest BCUT2D eigenvalue weighted by atomic mass is 9.97. The SMILES string of the molecule is O=C(NCc1ccc2sccc2c1)[C@@H]1CCCN(c2ncnc3nn(-c4ccc(C(F)(F)F)c(F)c4)cc23)C1. The van der Waals surface area contributed by atoms with Gasteiger partial charge in [0.25, 0.3) is 0 Å². The van der Waals surface area contributed by atoms with E-state index in [0.29, 0.717) is 42.6 Å². The number of nitrogens with one attached hydrogen (secondary N) is 1. The van der Waals surface area contributed by atoms with Crippen LogP contribution in [0, 0.1) is 11.7 Å². The second kappa shape index (κ2) is 9.92. The van der Waals surface area contributed by atoms with Gasteiger partial charge in [0, 0.05) is 36.6 Å². The molecule has 3 aromatic heterocycles. The van der Waals surface area contributed by atoms with Gasteiger partial charge in [-0.05, 0) is 59.5 Å². The van der Waals surface area contributed by atoms with Crippen LogP contribution in [0.1, 0.15) is 24.0 Å². The Kier molecular flexibility index (Phi) is 6.42. The van der Waals surface area contributed by atoms with Gasteiger partial charge in [-0.3, -0.25) is 4.79 Å². The molecule has 1 fully saturated rings. The number of thiophene rings is 1. The quantitative estimate of drug-likeness (QED) is 0.281. The summed E-state index contributed by atoms with van der Waals surface area (Å²) in [5.74, 6) is -1.09. The van der Waals surface area contributed by atoms with Crippen LogP contribution in [0.15, 0.2) is 60.4 Å². The zero-order chi connectivity index (χ0) is 27.1. The Morgan fingerprint density at radius 3 is 2.82 bits per heavy atom. The van der Waals surface area contributed by atoms with Crippen LogP contribution in [-0.4, -0.2) is 38.7 Å². The molecular weight excluding hydrogens is 532 g/mol. The smallest absolute Gasteiger partial charge is 0.355 e. The number of carbonyl (C=O) groups is 1. The number of halogens is 4. The number of benzene rings is 2. The van der Waals surface area contributed by atoms with Crippen molar-refractivity contribution < 1.29 is 22.4 Å². The fourth-order valence-electron chi connectivity index (χ4n) is 4.93. The van der Waals surface area contributed by atoms with E-state index in [1.165, 1.54) is 15.7 Å². The van der Waals surface area contributed by atoms with Crippen LogP contribution in [-0.2, 0) is 17.5 Å². The van der Waals surface area contributed by atoms with Gasteiger partial charge in [-0.15, -0.1) is 16.4 Å². The third kappa shape index (κ3) is 5.03. The molecule has 1 N–H and O–H groups in total. The van der Waals surface area contributed by atoms with Crippen LogP contribution in [0.2, 0.25) is 0 Å². The molecule has 0 spiro atoms. The lowest BCUT2D eigenvalue weighted by Gasteiger charge is -2.33. The molecule has 5 aromatic rings. The first kappa shape index (κ1) is 25.2. The molecular formula is C27H22F4N6OS. The number of carbonyl (C=O) groups excluding carboxylic acids is 1. The molecule has 1 atom stereocenters. The van der Waals surface area contributed by atoms with E-state index >= 15 is 0 Å². The second-order valence-corrected chi connectivity index (χ2v) is 10.4. The van der Waals surface area contributed by atoms with Gasteiger partial charge < -0.3 is 10.2 Å². The van der Waals surface area contributed by atoms with Gasteiger partial charge in [0.15, 0.2) is 5.65 Å². The monoisotopic (exact) mass is 554 g/mol. The lowest BCUT2D eigenvalue weighted by Crippen LogP contribution is -2.43. The highest BCUT2D eigenvalue weighted by atomic mass is 32.1. The highest BCUT2D eigenvalue weighted by Gasteiger charge is 2.34. The molecule has 1 amide bonds. The fraction of sp³-hybridized carbons (Fsp3) is 0.259. The van der Waals surface area contributed by atoms with Gasteiger partial charge in [-0.2, -0.15) is 13.2 Å². The van der Waals surface area contributed by atoms with Crippen LogP contribution in [0.25, 0.3) is 26.8 Å². The van der Waals surface area contributed by atoms with Crippen molar-refractivity contribution in [3.63, 3.8) is 0 Å². The third-order valence-electron chi connectivity index (χ3n) is 6.89. The molecule has 0 saturated carbocycles. The zero-order valence-electron chi connectivity index (χ0n) is 20.5. The van der Waals surface area contributed by atoms with E-state index in [-0.39, 0.29) is 17.5 Å².